The molecule has 106 valence electrons. The summed E-state index contributed by atoms with van der Waals surface area (Å²) in [6.45, 7) is 0. The van der Waals surface area contributed by atoms with Crippen molar-refractivity contribution in [3.05, 3.63) is 57.0 Å². The molecule has 0 aliphatic rings. The van der Waals surface area contributed by atoms with Crippen molar-refractivity contribution >= 4 is 27.5 Å². The molecule has 1 unspecified atom stereocenters. The summed E-state index contributed by atoms with van der Waals surface area (Å²) in [5.41, 5.74) is 8.10. The number of ether oxygens (including phenoxy) is 2. The Morgan fingerprint density at radius 1 is 1.05 bits per heavy atom. The molecule has 2 rings (SSSR count). The molecule has 0 heterocycles. The maximum Gasteiger partial charge on any atom is 0.124 e. The van der Waals surface area contributed by atoms with E-state index in [1.54, 1.807) is 20.3 Å². The average Bonchev–Trinajstić information content (AvgIpc) is 2.47. The van der Waals surface area contributed by atoms with Crippen molar-refractivity contribution in [1.29, 1.82) is 0 Å². The van der Waals surface area contributed by atoms with E-state index in [0.29, 0.717) is 10.8 Å². The third-order valence-electron chi connectivity index (χ3n) is 3.07. The first-order chi connectivity index (χ1) is 9.56. The molecule has 2 aromatic rings. The highest BCUT2D eigenvalue weighted by Gasteiger charge is 2.17. The van der Waals surface area contributed by atoms with E-state index in [0.717, 1.165) is 21.3 Å². The van der Waals surface area contributed by atoms with E-state index in [2.05, 4.69) is 15.9 Å². The molecule has 20 heavy (non-hydrogen) atoms. The first kappa shape index (κ1) is 15.2. The van der Waals surface area contributed by atoms with Gasteiger partial charge in [0.2, 0.25) is 0 Å². The van der Waals surface area contributed by atoms with Crippen LogP contribution in [0.4, 0.5) is 0 Å². The van der Waals surface area contributed by atoms with Gasteiger partial charge in [-0.15, -0.1) is 0 Å². The monoisotopic (exact) mass is 355 g/mol. The molecule has 0 amide bonds. The largest absolute Gasteiger partial charge is 0.497 e. The van der Waals surface area contributed by atoms with Crippen LogP contribution in [0.15, 0.2) is 40.9 Å². The van der Waals surface area contributed by atoms with Crippen LogP contribution < -0.4 is 15.2 Å². The molecular weight excluding hydrogens is 342 g/mol. The number of methoxy groups -OCH3 is 2. The minimum atomic E-state index is -0.367. The molecule has 0 spiro atoms. The Morgan fingerprint density at radius 2 is 1.80 bits per heavy atom. The highest BCUT2D eigenvalue weighted by atomic mass is 79.9. The zero-order chi connectivity index (χ0) is 14.7. The third kappa shape index (κ3) is 3.08. The van der Waals surface area contributed by atoms with Gasteiger partial charge >= 0.3 is 0 Å². The summed E-state index contributed by atoms with van der Waals surface area (Å²) in [4.78, 5) is 0. The van der Waals surface area contributed by atoms with Gasteiger partial charge in [0, 0.05) is 15.1 Å². The molecule has 0 aliphatic carbocycles. The molecule has 0 saturated heterocycles. The zero-order valence-corrected chi connectivity index (χ0v) is 13.5. The van der Waals surface area contributed by atoms with Gasteiger partial charge in [-0.3, -0.25) is 0 Å². The van der Waals surface area contributed by atoms with Crippen molar-refractivity contribution in [2.24, 2.45) is 5.73 Å². The molecule has 0 aliphatic heterocycles. The van der Waals surface area contributed by atoms with E-state index in [-0.39, 0.29) is 6.04 Å². The highest BCUT2D eigenvalue weighted by Crippen LogP contribution is 2.35. The summed E-state index contributed by atoms with van der Waals surface area (Å²) >= 11 is 9.57. The maximum absolute atomic E-state index is 6.36. The molecular formula is C15H15BrClNO2. The Bertz CT molecular complexity index is 619. The Balaban J connectivity index is 2.50. The maximum atomic E-state index is 6.36. The summed E-state index contributed by atoms with van der Waals surface area (Å²) in [5, 5.41) is 0.621. The van der Waals surface area contributed by atoms with E-state index in [9.17, 15) is 0 Å². The molecule has 0 aromatic heterocycles. The lowest BCUT2D eigenvalue weighted by molar-refractivity contribution is 0.407. The minimum absolute atomic E-state index is 0.367. The summed E-state index contributed by atoms with van der Waals surface area (Å²) in [7, 11) is 3.23. The number of hydrogen-bond donors (Lipinski definition) is 1. The Labute approximate surface area is 131 Å². The number of nitrogens with two attached hydrogens (primary N) is 1. The van der Waals surface area contributed by atoms with E-state index >= 15 is 0 Å². The normalized spacial score (nSPS) is 12.1. The van der Waals surface area contributed by atoms with Crippen LogP contribution in [0.25, 0.3) is 0 Å². The summed E-state index contributed by atoms with van der Waals surface area (Å²) < 4.78 is 11.5. The second-order valence-corrected chi connectivity index (χ2v) is 5.54. The van der Waals surface area contributed by atoms with Crippen LogP contribution in [0.3, 0.4) is 0 Å². The molecule has 5 heteroatoms. The highest BCUT2D eigenvalue weighted by molar-refractivity contribution is 9.10. The van der Waals surface area contributed by atoms with Gasteiger partial charge in [-0.1, -0.05) is 27.5 Å². The quantitative estimate of drug-likeness (QED) is 0.894. The fourth-order valence-corrected chi connectivity index (χ4v) is 2.68. The zero-order valence-electron chi connectivity index (χ0n) is 11.2. The topological polar surface area (TPSA) is 44.5 Å². The number of benzene rings is 2. The van der Waals surface area contributed by atoms with Crippen LogP contribution in [-0.4, -0.2) is 14.2 Å². The van der Waals surface area contributed by atoms with Crippen molar-refractivity contribution in [3.63, 3.8) is 0 Å². The molecule has 1 atom stereocenters. The van der Waals surface area contributed by atoms with Crippen molar-refractivity contribution < 1.29 is 9.47 Å². The smallest absolute Gasteiger partial charge is 0.124 e. The van der Waals surface area contributed by atoms with Gasteiger partial charge in [-0.25, -0.2) is 0 Å². The molecule has 0 fully saturated rings. The van der Waals surface area contributed by atoms with Gasteiger partial charge in [-0.2, -0.15) is 0 Å². The second-order valence-electron chi connectivity index (χ2n) is 4.25. The second kappa shape index (κ2) is 6.48. The van der Waals surface area contributed by atoms with Crippen LogP contribution in [0.2, 0.25) is 5.02 Å². The Hall–Kier alpha value is -1.23. The van der Waals surface area contributed by atoms with Crippen LogP contribution in [-0.2, 0) is 0 Å². The minimum Gasteiger partial charge on any atom is -0.497 e. The third-order valence-corrected chi connectivity index (χ3v) is 4.02. The molecule has 0 bridgehead atoms. The SMILES string of the molecule is COc1ccc(Br)c(C(N)c2cc(Cl)ccc2OC)c1. The van der Waals surface area contributed by atoms with Crippen molar-refractivity contribution in [2.45, 2.75) is 6.04 Å². The lowest BCUT2D eigenvalue weighted by Gasteiger charge is -2.18. The predicted octanol–water partition coefficient (Wildman–Crippen LogP) is 4.17. The van der Waals surface area contributed by atoms with Gasteiger partial charge in [0.15, 0.2) is 0 Å². The molecule has 2 N–H and O–H groups in total. The fraction of sp³-hybridized carbons (Fsp3) is 0.200. The molecule has 0 radical (unpaired) electrons. The van der Waals surface area contributed by atoms with Crippen molar-refractivity contribution in [3.8, 4) is 11.5 Å². The van der Waals surface area contributed by atoms with E-state index in [1.165, 1.54) is 0 Å². The van der Waals surface area contributed by atoms with Gasteiger partial charge in [0.1, 0.15) is 11.5 Å². The number of rotatable bonds is 4. The van der Waals surface area contributed by atoms with Gasteiger partial charge in [0.25, 0.3) is 0 Å². The van der Waals surface area contributed by atoms with Gasteiger partial charge < -0.3 is 15.2 Å². The first-order valence-corrected chi connectivity index (χ1v) is 7.16. The Morgan fingerprint density at radius 3 is 2.45 bits per heavy atom. The first-order valence-electron chi connectivity index (χ1n) is 5.99. The molecule has 2 aromatic carbocycles. The summed E-state index contributed by atoms with van der Waals surface area (Å²) in [5.74, 6) is 1.45. The summed E-state index contributed by atoms with van der Waals surface area (Å²) in [6.07, 6.45) is 0. The number of halogens is 2. The molecule has 0 saturated carbocycles. The van der Waals surface area contributed by atoms with Crippen LogP contribution >= 0.6 is 27.5 Å². The van der Waals surface area contributed by atoms with E-state index < -0.39 is 0 Å². The lowest BCUT2D eigenvalue weighted by atomic mass is 9.98. The van der Waals surface area contributed by atoms with Crippen LogP contribution in [0.1, 0.15) is 17.2 Å². The average molecular weight is 357 g/mol. The number of hydrogen-bond acceptors (Lipinski definition) is 3. The van der Waals surface area contributed by atoms with Crippen molar-refractivity contribution in [1.82, 2.24) is 0 Å². The fourth-order valence-electron chi connectivity index (χ4n) is 2.00. The van der Waals surface area contributed by atoms with Gasteiger partial charge in [0.05, 0.1) is 20.3 Å². The van der Waals surface area contributed by atoms with Crippen LogP contribution in [0, 0.1) is 0 Å². The van der Waals surface area contributed by atoms with Gasteiger partial charge in [-0.05, 0) is 42.0 Å². The molecule has 3 nitrogen and oxygen atoms in total. The van der Waals surface area contributed by atoms with Crippen LogP contribution in [0.5, 0.6) is 11.5 Å². The summed E-state index contributed by atoms with van der Waals surface area (Å²) in [6, 6.07) is 10.7. The lowest BCUT2D eigenvalue weighted by Crippen LogP contribution is -2.14. The van der Waals surface area contributed by atoms with Crippen molar-refractivity contribution in [2.75, 3.05) is 14.2 Å². The Kier molecular flexibility index (Phi) is 4.91. The van der Waals surface area contributed by atoms with E-state index in [4.69, 9.17) is 26.8 Å². The standard InChI is InChI=1S/C15H15BrClNO2/c1-19-10-4-5-13(16)11(8-10)15(18)12-7-9(17)3-6-14(12)20-2/h3-8,15H,18H2,1-2H3. The van der Waals surface area contributed by atoms with E-state index in [1.807, 2.05) is 30.3 Å². The predicted molar refractivity (Wildman–Crippen MR) is 84.7 cm³/mol.